The molecule has 0 aromatic heterocycles. The Morgan fingerprint density at radius 2 is 2.09 bits per heavy atom. The number of amides is 1. The maximum Gasteiger partial charge on any atom is 0.294 e. The molecule has 8 nitrogen and oxygen atoms in total. The van der Waals surface area contributed by atoms with Gasteiger partial charge in [-0.05, 0) is 19.2 Å². The van der Waals surface area contributed by atoms with E-state index in [1.54, 1.807) is 18.2 Å². The van der Waals surface area contributed by atoms with Gasteiger partial charge in [-0.15, -0.1) is 0 Å². The lowest BCUT2D eigenvalue weighted by molar-refractivity contribution is -0.384. The van der Waals surface area contributed by atoms with Gasteiger partial charge < -0.3 is 15.1 Å². The molecule has 0 unspecified atom stereocenters. The van der Waals surface area contributed by atoms with Crippen molar-refractivity contribution in [3.05, 3.63) is 28.3 Å². The number of carbonyl (C=O) groups is 1. The standard InChI is InChI=1S/C14H17N5O3/c1-17-6-8-18(9-7-17)12-3-2-11(10-13(12)19(21)22)16-14(20)4-5-15/h2-3,10H,4,6-9H2,1H3,(H,16,20). The van der Waals surface area contributed by atoms with Gasteiger partial charge in [0.25, 0.3) is 5.69 Å². The SMILES string of the molecule is CN1CCN(c2ccc(NC(=O)CC#N)cc2[N+](=O)[O-])CC1. The molecular weight excluding hydrogens is 286 g/mol. The molecule has 1 saturated heterocycles. The van der Waals surface area contributed by atoms with Gasteiger partial charge in [-0.3, -0.25) is 14.9 Å². The molecule has 0 spiro atoms. The molecule has 0 saturated carbocycles. The lowest BCUT2D eigenvalue weighted by Crippen LogP contribution is -2.44. The predicted octanol–water partition coefficient (Wildman–Crippen LogP) is 1.20. The van der Waals surface area contributed by atoms with Crippen LogP contribution in [0, 0.1) is 21.4 Å². The summed E-state index contributed by atoms with van der Waals surface area (Å²) >= 11 is 0. The number of nitrogens with one attached hydrogen (secondary N) is 1. The first-order valence-corrected chi connectivity index (χ1v) is 6.90. The van der Waals surface area contributed by atoms with Gasteiger partial charge in [-0.25, -0.2) is 0 Å². The average Bonchev–Trinajstić information content (AvgIpc) is 2.48. The Morgan fingerprint density at radius 1 is 1.41 bits per heavy atom. The van der Waals surface area contributed by atoms with Crippen LogP contribution in [0.25, 0.3) is 0 Å². The maximum atomic E-state index is 11.4. The predicted molar refractivity (Wildman–Crippen MR) is 81.7 cm³/mol. The normalized spacial score (nSPS) is 15.2. The van der Waals surface area contributed by atoms with Gasteiger partial charge in [-0.2, -0.15) is 5.26 Å². The molecule has 2 rings (SSSR count). The Hall–Kier alpha value is -2.66. The van der Waals surface area contributed by atoms with Crippen molar-refractivity contribution in [2.75, 3.05) is 43.4 Å². The van der Waals surface area contributed by atoms with Gasteiger partial charge in [0.15, 0.2) is 0 Å². The lowest BCUT2D eigenvalue weighted by Gasteiger charge is -2.33. The van der Waals surface area contributed by atoms with E-state index in [1.165, 1.54) is 6.07 Å². The number of rotatable bonds is 4. The third-order valence-corrected chi connectivity index (χ3v) is 3.54. The Bertz CT molecular complexity index is 617. The molecule has 1 N–H and O–H groups in total. The Morgan fingerprint density at radius 3 is 2.68 bits per heavy atom. The van der Waals surface area contributed by atoms with Crippen LogP contribution in [0.2, 0.25) is 0 Å². The Balaban J connectivity index is 2.22. The third kappa shape index (κ3) is 3.71. The largest absolute Gasteiger partial charge is 0.363 e. The van der Waals surface area contributed by atoms with Gasteiger partial charge in [0.1, 0.15) is 12.1 Å². The molecule has 0 bridgehead atoms. The zero-order valence-electron chi connectivity index (χ0n) is 12.3. The first kappa shape index (κ1) is 15.7. The van der Waals surface area contributed by atoms with Crippen molar-refractivity contribution >= 4 is 23.0 Å². The third-order valence-electron chi connectivity index (χ3n) is 3.54. The van der Waals surface area contributed by atoms with Crippen LogP contribution in [0.15, 0.2) is 18.2 Å². The topological polar surface area (TPSA) is 103 Å². The molecule has 0 aliphatic carbocycles. The molecular formula is C14H17N5O3. The van der Waals surface area contributed by atoms with Crippen LogP contribution in [0.4, 0.5) is 17.1 Å². The number of nitrogens with zero attached hydrogens (tertiary/aromatic N) is 4. The molecule has 116 valence electrons. The van der Waals surface area contributed by atoms with Crippen LogP contribution in [0.1, 0.15) is 6.42 Å². The number of piperazine rings is 1. The summed E-state index contributed by atoms with van der Waals surface area (Å²) in [6.45, 7) is 3.13. The summed E-state index contributed by atoms with van der Waals surface area (Å²) in [6.07, 6.45) is -0.284. The second kappa shape index (κ2) is 6.87. The van der Waals surface area contributed by atoms with E-state index >= 15 is 0 Å². The molecule has 1 amide bonds. The van der Waals surface area contributed by atoms with Crippen molar-refractivity contribution in [1.29, 1.82) is 5.26 Å². The van der Waals surface area contributed by atoms with Crippen molar-refractivity contribution in [2.24, 2.45) is 0 Å². The minimum Gasteiger partial charge on any atom is -0.363 e. The Labute approximate surface area is 128 Å². The van der Waals surface area contributed by atoms with Gasteiger partial charge in [0.05, 0.1) is 11.0 Å². The van der Waals surface area contributed by atoms with Crippen LogP contribution in [0.5, 0.6) is 0 Å². The summed E-state index contributed by atoms with van der Waals surface area (Å²) in [5.41, 5.74) is 0.834. The number of anilines is 2. The summed E-state index contributed by atoms with van der Waals surface area (Å²) < 4.78 is 0. The van der Waals surface area contributed by atoms with Crippen molar-refractivity contribution in [3.8, 4) is 6.07 Å². The van der Waals surface area contributed by atoms with E-state index in [0.29, 0.717) is 11.4 Å². The van der Waals surface area contributed by atoms with Crippen molar-refractivity contribution in [3.63, 3.8) is 0 Å². The zero-order chi connectivity index (χ0) is 16.1. The molecule has 0 radical (unpaired) electrons. The smallest absolute Gasteiger partial charge is 0.294 e. The van der Waals surface area contributed by atoms with E-state index in [0.717, 1.165) is 26.2 Å². The average molecular weight is 303 g/mol. The first-order valence-electron chi connectivity index (χ1n) is 6.90. The molecule has 0 atom stereocenters. The van der Waals surface area contributed by atoms with Crippen LogP contribution in [0.3, 0.4) is 0 Å². The van der Waals surface area contributed by atoms with Crippen LogP contribution in [-0.4, -0.2) is 49.0 Å². The number of nitriles is 1. The van der Waals surface area contributed by atoms with E-state index in [4.69, 9.17) is 5.26 Å². The summed E-state index contributed by atoms with van der Waals surface area (Å²) in [7, 11) is 2.01. The van der Waals surface area contributed by atoms with Gasteiger partial charge in [-0.1, -0.05) is 0 Å². The second-order valence-corrected chi connectivity index (χ2v) is 5.13. The summed E-state index contributed by atoms with van der Waals surface area (Å²) in [4.78, 5) is 26.4. The van der Waals surface area contributed by atoms with Crippen molar-refractivity contribution in [2.45, 2.75) is 6.42 Å². The van der Waals surface area contributed by atoms with E-state index in [2.05, 4.69) is 10.2 Å². The van der Waals surface area contributed by atoms with Gasteiger partial charge in [0, 0.05) is 37.9 Å². The minimum absolute atomic E-state index is 0.0423. The molecule has 1 aromatic rings. The highest BCUT2D eigenvalue weighted by molar-refractivity contribution is 5.92. The number of nitro groups is 1. The van der Waals surface area contributed by atoms with Crippen LogP contribution in [-0.2, 0) is 4.79 Å². The molecule has 1 aromatic carbocycles. The fraction of sp³-hybridized carbons (Fsp3) is 0.429. The van der Waals surface area contributed by atoms with Gasteiger partial charge >= 0.3 is 0 Å². The highest BCUT2D eigenvalue weighted by atomic mass is 16.6. The fourth-order valence-corrected chi connectivity index (χ4v) is 2.34. The summed E-state index contributed by atoms with van der Waals surface area (Å²) in [5, 5.41) is 22.2. The zero-order valence-corrected chi connectivity index (χ0v) is 12.3. The lowest BCUT2D eigenvalue weighted by atomic mass is 10.2. The highest BCUT2D eigenvalue weighted by Gasteiger charge is 2.23. The van der Waals surface area contributed by atoms with Crippen molar-refractivity contribution in [1.82, 2.24) is 4.90 Å². The monoisotopic (exact) mass is 303 g/mol. The number of likely N-dealkylation sites (N-methyl/N-ethyl adjacent to an activating group) is 1. The number of carbonyl (C=O) groups excluding carboxylic acids is 1. The van der Waals surface area contributed by atoms with Gasteiger partial charge in [0.2, 0.25) is 5.91 Å². The van der Waals surface area contributed by atoms with E-state index < -0.39 is 10.8 Å². The van der Waals surface area contributed by atoms with E-state index in [1.807, 2.05) is 11.9 Å². The first-order chi connectivity index (χ1) is 10.5. The van der Waals surface area contributed by atoms with Crippen LogP contribution < -0.4 is 10.2 Å². The molecule has 1 heterocycles. The molecule has 1 aliphatic heterocycles. The maximum absolute atomic E-state index is 11.4. The van der Waals surface area contributed by atoms with Crippen molar-refractivity contribution < 1.29 is 9.72 Å². The molecule has 1 fully saturated rings. The second-order valence-electron chi connectivity index (χ2n) is 5.13. The van der Waals surface area contributed by atoms with E-state index in [-0.39, 0.29) is 12.1 Å². The summed E-state index contributed by atoms with van der Waals surface area (Å²) in [5.74, 6) is -0.482. The summed E-state index contributed by atoms with van der Waals surface area (Å²) in [6, 6.07) is 6.34. The minimum atomic E-state index is -0.482. The Kier molecular flexibility index (Phi) is 4.91. The molecule has 1 aliphatic rings. The highest BCUT2D eigenvalue weighted by Crippen LogP contribution is 2.31. The molecule has 22 heavy (non-hydrogen) atoms. The quantitative estimate of drug-likeness (QED) is 0.662. The fourth-order valence-electron chi connectivity index (χ4n) is 2.34. The number of benzene rings is 1. The number of hydrogen-bond donors (Lipinski definition) is 1. The number of nitro benzene ring substituents is 1. The van der Waals surface area contributed by atoms with E-state index in [9.17, 15) is 14.9 Å². The van der Waals surface area contributed by atoms with Crippen LogP contribution >= 0.6 is 0 Å². The number of hydrogen-bond acceptors (Lipinski definition) is 6. The molecule has 8 heteroatoms.